The fraction of sp³-hybridized carbons (Fsp3) is 0.130. The quantitative estimate of drug-likeness (QED) is 0.653. The van der Waals surface area contributed by atoms with Crippen molar-refractivity contribution in [1.82, 2.24) is 0 Å². The summed E-state index contributed by atoms with van der Waals surface area (Å²) in [5.41, 5.74) is 2.77. The first-order valence-electron chi connectivity index (χ1n) is 9.63. The molecule has 0 unspecified atom stereocenters. The Morgan fingerprint density at radius 1 is 1.06 bits per heavy atom. The molecule has 0 spiro atoms. The van der Waals surface area contributed by atoms with Crippen molar-refractivity contribution in [2.75, 3.05) is 23.6 Å². The van der Waals surface area contributed by atoms with Crippen LogP contribution in [0.5, 0.6) is 17.2 Å². The molecule has 2 aliphatic rings. The summed E-state index contributed by atoms with van der Waals surface area (Å²) >= 11 is 0. The molecule has 2 heterocycles. The molecule has 0 aliphatic carbocycles. The van der Waals surface area contributed by atoms with Gasteiger partial charge in [-0.3, -0.25) is 9.69 Å². The summed E-state index contributed by atoms with van der Waals surface area (Å²) in [6.45, 7) is -0.273. The molecular weight excluding hydrogens is 400 g/mol. The largest absolute Gasteiger partial charge is 0.482 e. The number of nitrogens with zero attached hydrogens (tertiary/aromatic N) is 1. The van der Waals surface area contributed by atoms with E-state index in [4.69, 9.17) is 19.3 Å². The van der Waals surface area contributed by atoms with Crippen LogP contribution >= 0.6 is 0 Å². The first-order chi connectivity index (χ1) is 15.1. The highest BCUT2D eigenvalue weighted by Gasteiger charge is 2.34. The lowest BCUT2D eigenvalue weighted by Gasteiger charge is -2.38. The number of carboxylic acid groups (broad SMARTS) is 1. The molecule has 3 aromatic carbocycles. The van der Waals surface area contributed by atoms with Gasteiger partial charge >= 0.3 is 5.97 Å². The fourth-order valence-electron chi connectivity index (χ4n) is 3.68. The molecule has 31 heavy (non-hydrogen) atoms. The third-order valence-electron chi connectivity index (χ3n) is 5.12. The number of ether oxygens (including phenoxy) is 3. The smallest absolute Gasteiger partial charge is 0.341 e. The summed E-state index contributed by atoms with van der Waals surface area (Å²) < 4.78 is 16.1. The number of para-hydroxylation sites is 1. The number of carbonyl (C=O) groups is 2. The average Bonchev–Trinajstić information content (AvgIpc) is 3.26. The van der Waals surface area contributed by atoms with Crippen LogP contribution < -0.4 is 24.4 Å². The van der Waals surface area contributed by atoms with Gasteiger partial charge in [-0.05, 0) is 42.0 Å². The molecule has 156 valence electrons. The van der Waals surface area contributed by atoms with Crippen molar-refractivity contribution in [3.63, 3.8) is 0 Å². The summed E-state index contributed by atoms with van der Waals surface area (Å²) in [4.78, 5) is 25.9. The van der Waals surface area contributed by atoms with Gasteiger partial charge in [0.1, 0.15) is 11.9 Å². The number of fused-ring (bicyclic) bond motifs is 2. The first kappa shape index (κ1) is 18.8. The number of amides is 1. The van der Waals surface area contributed by atoms with Crippen molar-refractivity contribution in [3.05, 3.63) is 77.9 Å². The highest BCUT2D eigenvalue weighted by Crippen LogP contribution is 2.41. The molecule has 0 fully saturated rings. The van der Waals surface area contributed by atoms with Crippen LogP contribution in [0.1, 0.15) is 22.1 Å². The summed E-state index contributed by atoms with van der Waals surface area (Å²) in [6, 6.07) is 19.7. The van der Waals surface area contributed by atoms with Crippen molar-refractivity contribution in [2.24, 2.45) is 0 Å². The average molecular weight is 418 g/mol. The van der Waals surface area contributed by atoms with E-state index < -0.39 is 18.7 Å². The van der Waals surface area contributed by atoms with Gasteiger partial charge in [0, 0.05) is 11.8 Å². The number of nitrogens with one attached hydrogen (secondary N) is 1. The number of anilines is 2. The van der Waals surface area contributed by atoms with E-state index in [0.29, 0.717) is 28.5 Å². The first-order valence-corrected chi connectivity index (χ1v) is 9.63. The van der Waals surface area contributed by atoms with Gasteiger partial charge in [0.25, 0.3) is 5.91 Å². The van der Waals surface area contributed by atoms with Crippen LogP contribution in [-0.4, -0.2) is 30.4 Å². The van der Waals surface area contributed by atoms with Gasteiger partial charge < -0.3 is 24.6 Å². The van der Waals surface area contributed by atoms with Gasteiger partial charge in [-0.25, -0.2) is 4.79 Å². The predicted octanol–water partition coefficient (Wildman–Crippen LogP) is 3.65. The van der Waals surface area contributed by atoms with Crippen LogP contribution in [0.3, 0.4) is 0 Å². The molecule has 0 saturated carbocycles. The highest BCUT2D eigenvalue weighted by atomic mass is 16.7. The second-order valence-corrected chi connectivity index (χ2v) is 7.06. The van der Waals surface area contributed by atoms with E-state index >= 15 is 0 Å². The Morgan fingerprint density at radius 2 is 1.84 bits per heavy atom. The summed E-state index contributed by atoms with van der Waals surface area (Å²) in [7, 11) is 0. The lowest BCUT2D eigenvalue weighted by atomic mass is 10.0. The summed E-state index contributed by atoms with van der Waals surface area (Å²) in [6.07, 6.45) is -0.490. The number of carboxylic acids is 1. The van der Waals surface area contributed by atoms with Crippen LogP contribution in [0.4, 0.5) is 11.4 Å². The molecular formula is C23H18N2O6. The molecule has 1 amide bonds. The fourth-order valence-corrected chi connectivity index (χ4v) is 3.68. The van der Waals surface area contributed by atoms with Crippen molar-refractivity contribution < 1.29 is 28.9 Å². The van der Waals surface area contributed by atoms with E-state index in [1.807, 2.05) is 24.3 Å². The Kier molecular flexibility index (Phi) is 4.59. The van der Waals surface area contributed by atoms with Gasteiger partial charge in [0.05, 0.1) is 11.3 Å². The third kappa shape index (κ3) is 3.48. The van der Waals surface area contributed by atoms with E-state index in [1.165, 1.54) is 0 Å². The van der Waals surface area contributed by atoms with Gasteiger partial charge in [-0.2, -0.15) is 0 Å². The number of hydrogen-bond donors (Lipinski definition) is 2. The minimum atomic E-state index is -1.05. The number of rotatable bonds is 5. The lowest BCUT2D eigenvalue weighted by Crippen LogP contribution is -2.43. The Bertz CT molecular complexity index is 1160. The van der Waals surface area contributed by atoms with Crippen LogP contribution in [-0.2, 0) is 4.79 Å². The van der Waals surface area contributed by atoms with Crippen molar-refractivity contribution in [1.29, 1.82) is 0 Å². The monoisotopic (exact) mass is 418 g/mol. The Labute approximate surface area is 177 Å². The molecule has 0 saturated heterocycles. The van der Waals surface area contributed by atoms with Gasteiger partial charge in [-0.1, -0.05) is 24.3 Å². The van der Waals surface area contributed by atoms with E-state index in [-0.39, 0.29) is 12.7 Å². The standard InChI is InChI=1S/C23H18N2O6/c26-21(27)12-29-16-8-5-14(6-9-16)22-24-18-4-2-1-3-17(18)23(28)25(22)15-7-10-19-20(11-15)31-13-30-19/h1-11,22,24H,12-13H2,(H,26,27)/t22-/m0/s1. The van der Waals surface area contributed by atoms with E-state index in [1.54, 1.807) is 47.4 Å². The van der Waals surface area contributed by atoms with Gasteiger partial charge in [0.15, 0.2) is 18.1 Å². The van der Waals surface area contributed by atoms with Crippen LogP contribution in [0.25, 0.3) is 0 Å². The maximum atomic E-state index is 13.5. The maximum Gasteiger partial charge on any atom is 0.341 e. The number of benzene rings is 3. The molecule has 2 aliphatic heterocycles. The number of carbonyl (C=O) groups excluding carboxylic acids is 1. The highest BCUT2D eigenvalue weighted by molar-refractivity contribution is 6.12. The molecule has 1 atom stereocenters. The normalized spacial score (nSPS) is 16.5. The van der Waals surface area contributed by atoms with E-state index in [9.17, 15) is 9.59 Å². The molecule has 8 heteroatoms. The van der Waals surface area contributed by atoms with Crippen molar-refractivity contribution in [3.8, 4) is 17.2 Å². The summed E-state index contributed by atoms with van der Waals surface area (Å²) in [5, 5.41) is 12.2. The van der Waals surface area contributed by atoms with Crippen LogP contribution in [0.2, 0.25) is 0 Å². The second kappa shape index (κ2) is 7.56. The maximum absolute atomic E-state index is 13.5. The zero-order chi connectivity index (χ0) is 21.4. The molecule has 0 radical (unpaired) electrons. The van der Waals surface area contributed by atoms with E-state index in [2.05, 4.69) is 5.32 Å². The van der Waals surface area contributed by atoms with Crippen LogP contribution in [0.15, 0.2) is 66.7 Å². The molecule has 0 bridgehead atoms. The lowest BCUT2D eigenvalue weighted by molar-refractivity contribution is -0.139. The van der Waals surface area contributed by atoms with Gasteiger partial charge in [-0.15, -0.1) is 0 Å². The van der Waals surface area contributed by atoms with Gasteiger partial charge in [0.2, 0.25) is 6.79 Å². The topological polar surface area (TPSA) is 97.3 Å². The number of hydrogen-bond acceptors (Lipinski definition) is 6. The van der Waals surface area contributed by atoms with Crippen molar-refractivity contribution in [2.45, 2.75) is 6.17 Å². The zero-order valence-electron chi connectivity index (χ0n) is 16.3. The van der Waals surface area contributed by atoms with Crippen molar-refractivity contribution >= 4 is 23.3 Å². The molecule has 5 rings (SSSR count). The molecule has 3 aromatic rings. The van der Waals surface area contributed by atoms with Crippen LogP contribution in [0, 0.1) is 0 Å². The number of aliphatic carboxylic acids is 1. The Hall–Kier alpha value is -4.20. The minimum absolute atomic E-state index is 0.148. The molecule has 8 nitrogen and oxygen atoms in total. The minimum Gasteiger partial charge on any atom is -0.482 e. The third-order valence-corrected chi connectivity index (χ3v) is 5.12. The Balaban J connectivity index is 1.53. The Morgan fingerprint density at radius 3 is 2.65 bits per heavy atom. The zero-order valence-corrected chi connectivity index (χ0v) is 16.3. The SMILES string of the molecule is O=C(O)COc1ccc([C@H]2Nc3ccccc3C(=O)N2c2ccc3c(c2)OCO3)cc1. The second-order valence-electron chi connectivity index (χ2n) is 7.06. The predicted molar refractivity (Wildman–Crippen MR) is 112 cm³/mol. The summed E-state index contributed by atoms with van der Waals surface area (Å²) in [5.74, 6) is 0.459. The molecule has 0 aromatic heterocycles. The molecule has 2 N–H and O–H groups in total. The van der Waals surface area contributed by atoms with E-state index in [0.717, 1.165) is 11.3 Å².